The lowest BCUT2D eigenvalue weighted by molar-refractivity contribution is -0.136. The van der Waals surface area contributed by atoms with E-state index in [2.05, 4.69) is 4.72 Å². The average Bonchev–Trinajstić information content (AvgIpc) is 3.01. The number of carbonyl (C=O) groups is 1. The monoisotopic (exact) mass is 318 g/mol. The lowest BCUT2D eigenvalue weighted by Gasteiger charge is -2.34. The molecule has 1 amide bonds. The van der Waals surface area contributed by atoms with Crippen LogP contribution in [0.1, 0.15) is 38.5 Å². The van der Waals surface area contributed by atoms with Gasteiger partial charge in [0.05, 0.1) is 11.9 Å². The van der Waals surface area contributed by atoms with Crippen LogP contribution < -0.4 is 4.72 Å². The Bertz CT molecular complexity index is 446. The molecule has 2 aliphatic rings. The fourth-order valence-electron chi connectivity index (χ4n) is 3.23. The molecule has 0 aromatic rings. The van der Waals surface area contributed by atoms with Crippen LogP contribution in [0.3, 0.4) is 0 Å². The van der Waals surface area contributed by atoms with E-state index in [1.54, 1.807) is 4.90 Å². The van der Waals surface area contributed by atoms with Crippen LogP contribution in [0.15, 0.2) is 0 Å². The number of rotatable bonds is 6. The summed E-state index contributed by atoms with van der Waals surface area (Å²) in [6.45, 7) is 1.67. The molecule has 0 aromatic carbocycles. The molecule has 1 atom stereocenters. The number of carbonyl (C=O) groups excluding carboxylic acids is 1. The number of piperidine rings is 1. The molecule has 1 aliphatic heterocycles. The van der Waals surface area contributed by atoms with Crippen molar-refractivity contribution in [3.05, 3.63) is 0 Å². The van der Waals surface area contributed by atoms with Gasteiger partial charge >= 0.3 is 0 Å². The van der Waals surface area contributed by atoms with Crippen molar-refractivity contribution in [1.82, 2.24) is 9.62 Å². The molecule has 1 heterocycles. The van der Waals surface area contributed by atoms with Crippen LogP contribution in [0.4, 0.5) is 0 Å². The molecule has 0 bridgehead atoms. The molecule has 0 aromatic heterocycles. The van der Waals surface area contributed by atoms with E-state index in [0.717, 1.165) is 32.1 Å². The second-order valence-corrected chi connectivity index (χ2v) is 8.01. The Morgan fingerprint density at radius 1 is 1.24 bits per heavy atom. The zero-order valence-electron chi connectivity index (χ0n) is 12.7. The third-order valence-corrected chi connectivity index (χ3v) is 6.31. The number of methoxy groups -OCH3 is 1. The summed E-state index contributed by atoms with van der Waals surface area (Å²) < 4.78 is 31.9. The average molecular weight is 318 g/mol. The standard InChI is InChI=1S/C14H26N2O4S/c1-20-10-8-15-21(18,19)13-7-4-9-16(11-13)14(17)12-5-2-3-6-12/h12-13,15H,2-11H2,1H3. The largest absolute Gasteiger partial charge is 0.383 e. The number of amides is 1. The van der Waals surface area contributed by atoms with Gasteiger partial charge in [0.2, 0.25) is 15.9 Å². The maximum absolute atomic E-state index is 12.4. The Morgan fingerprint density at radius 2 is 1.95 bits per heavy atom. The van der Waals surface area contributed by atoms with Gasteiger partial charge in [0.1, 0.15) is 0 Å². The van der Waals surface area contributed by atoms with Crippen LogP contribution in [-0.4, -0.2) is 57.8 Å². The Hall–Kier alpha value is -0.660. The lowest BCUT2D eigenvalue weighted by atomic mass is 10.0. The van der Waals surface area contributed by atoms with E-state index in [4.69, 9.17) is 4.74 Å². The molecular weight excluding hydrogens is 292 g/mol. The summed E-state index contributed by atoms with van der Waals surface area (Å²) in [6.07, 6.45) is 5.53. The molecule has 1 saturated heterocycles. The van der Waals surface area contributed by atoms with Gasteiger partial charge in [-0.2, -0.15) is 0 Å². The summed E-state index contributed by atoms with van der Waals surface area (Å²) in [5.41, 5.74) is 0. The first-order valence-corrected chi connectivity index (χ1v) is 9.35. The van der Waals surface area contributed by atoms with Crippen molar-refractivity contribution in [1.29, 1.82) is 0 Å². The zero-order chi connectivity index (χ0) is 15.3. The van der Waals surface area contributed by atoms with Crippen LogP contribution in [0.25, 0.3) is 0 Å². The summed E-state index contributed by atoms with van der Waals surface area (Å²) in [6, 6.07) is 0. The first kappa shape index (κ1) is 16.7. The van der Waals surface area contributed by atoms with E-state index in [0.29, 0.717) is 26.1 Å². The topological polar surface area (TPSA) is 75.7 Å². The van der Waals surface area contributed by atoms with Crippen molar-refractivity contribution in [2.24, 2.45) is 5.92 Å². The molecular formula is C14H26N2O4S. The number of hydrogen-bond donors (Lipinski definition) is 1. The van der Waals surface area contributed by atoms with Gasteiger partial charge in [0, 0.05) is 32.7 Å². The fourth-order valence-corrected chi connectivity index (χ4v) is 4.68. The molecule has 1 N–H and O–H groups in total. The quantitative estimate of drug-likeness (QED) is 0.733. The SMILES string of the molecule is COCCNS(=O)(=O)C1CCCN(C(=O)C2CCCC2)C1. The highest BCUT2D eigenvalue weighted by Gasteiger charge is 2.35. The van der Waals surface area contributed by atoms with E-state index >= 15 is 0 Å². The molecule has 0 spiro atoms. The summed E-state index contributed by atoms with van der Waals surface area (Å²) in [4.78, 5) is 14.2. The van der Waals surface area contributed by atoms with E-state index in [1.165, 1.54) is 7.11 Å². The minimum atomic E-state index is -3.37. The van der Waals surface area contributed by atoms with Gasteiger partial charge in [-0.3, -0.25) is 4.79 Å². The van der Waals surface area contributed by atoms with Crippen molar-refractivity contribution in [2.75, 3.05) is 33.4 Å². The van der Waals surface area contributed by atoms with Crippen LogP contribution in [0, 0.1) is 5.92 Å². The summed E-state index contributed by atoms with van der Waals surface area (Å²) >= 11 is 0. The highest BCUT2D eigenvalue weighted by Crippen LogP contribution is 2.28. The second-order valence-electron chi connectivity index (χ2n) is 5.96. The predicted octanol–water partition coefficient (Wildman–Crippen LogP) is 0.733. The normalized spacial score (nSPS) is 24.4. The number of ether oxygens (including phenoxy) is 1. The molecule has 21 heavy (non-hydrogen) atoms. The van der Waals surface area contributed by atoms with Gasteiger partial charge in [-0.05, 0) is 25.7 Å². The zero-order valence-corrected chi connectivity index (χ0v) is 13.5. The van der Waals surface area contributed by atoms with Gasteiger partial charge in [-0.15, -0.1) is 0 Å². The summed E-state index contributed by atoms with van der Waals surface area (Å²) in [5.74, 6) is 0.275. The van der Waals surface area contributed by atoms with E-state index in [-0.39, 0.29) is 18.4 Å². The number of hydrogen-bond acceptors (Lipinski definition) is 4. The predicted molar refractivity (Wildman–Crippen MR) is 80.4 cm³/mol. The van der Waals surface area contributed by atoms with Crippen LogP contribution in [0.5, 0.6) is 0 Å². The molecule has 1 aliphatic carbocycles. The highest BCUT2D eigenvalue weighted by atomic mass is 32.2. The van der Waals surface area contributed by atoms with E-state index in [9.17, 15) is 13.2 Å². The van der Waals surface area contributed by atoms with Crippen LogP contribution in [0.2, 0.25) is 0 Å². The minimum Gasteiger partial charge on any atom is -0.383 e. The third-order valence-electron chi connectivity index (χ3n) is 4.44. The van der Waals surface area contributed by atoms with Gasteiger partial charge in [-0.1, -0.05) is 12.8 Å². The van der Waals surface area contributed by atoms with E-state index < -0.39 is 15.3 Å². The first-order valence-electron chi connectivity index (χ1n) is 7.81. The van der Waals surface area contributed by atoms with Crippen molar-refractivity contribution in [2.45, 2.75) is 43.8 Å². The Morgan fingerprint density at radius 3 is 2.62 bits per heavy atom. The molecule has 1 unspecified atom stereocenters. The molecule has 2 fully saturated rings. The number of sulfonamides is 1. The summed E-state index contributed by atoms with van der Waals surface area (Å²) in [5, 5.41) is -0.492. The minimum absolute atomic E-state index is 0.118. The molecule has 1 saturated carbocycles. The first-order chi connectivity index (χ1) is 10.0. The number of nitrogens with zero attached hydrogens (tertiary/aromatic N) is 1. The Kier molecular flexibility index (Phi) is 6.01. The molecule has 6 nitrogen and oxygen atoms in total. The van der Waals surface area contributed by atoms with Crippen molar-refractivity contribution in [3.8, 4) is 0 Å². The smallest absolute Gasteiger partial charge is 0.225 e. The van der Waals surface area contributed by atoms with Gasteiger partial charge in [-0.25, -0.2) is 13.1 Å². The van der Waals surface area contributed by atoms with Crippen LogP contribution >= 0.6 is 0 Å². The Labute approximate surface area is 127 Å². The maximum atomic E-state index is 12.4. The van der Waals surface area contributed by atoms with E-state index in [1.807, 2.05) is 0 Å². The fraction of sp³-hybridized carbons (Fsp3) is 0.929. The molecule has 122 valence electrons. The number of likely N-dealkylation sites (tertiary alicyclic amines) is 1. The maximum Gasteiger partial charge on any atom is 0.225 e. The molecule has 0 radical (unpaired) electrons. The lowest BCUT2D eigenvalue weighted by Crippen LogP contribution is -2.50. The van der Waals surface area contributed by atoms with Crippen molar-refractivity contribution in [3.63, 3.8) is 0 Å². The highest BCUT2D eigenvalue weighted by molar-refractivity contribution is 7.90. The van der Waals surface area contributed by atoms with Gasteiger partial charge in [0.15, 0.2) is 0 Å². The third kappa shape index (κ3) is 4.40. The van der Waals surface area contributed by atoms with Gasteiger partial charge in [0.25, 0.3) is 0 Å². The molecule has 7 heteroatoms. The van der Waals surface area contributed by atoms with Crippen molar-refractivity contribution < 1.29 is 17.9 Å². The molecule has 2 rings (SSSR count). The summed E-state index contributed by atoms with van der Waals surface area (Å²) in [7, 11) is -1.83. The van der Waals surface area contributed by atoms with Crippen molar-refractivity contribution >= 4 is 15.9 Å². The van der Waals surface area contributed by atoms with Gasteiger partial charge < -0.3 is 9.64 Å². The van der Waals surface area contributed by atoms with Crippen LogP contribution in [-0.2, 0) is 19.6 Å². The number of nitrogens with one attached hydrogen (secondary N) is 1. The Balaban J connectivity index is 1.91. The second kappa shape index (κ2) is 7.56.